The van der Waals surface area contributed by atoms with Crippen LogP contribution in [0.5, 0.6) is 5.75 Å². The van der Waals surface area contributed by atoms with Gasteiger partial charge in [0.25, 0.3) is 0 Å². The van der Waals surface area contributed by atoms with E-state index in [-0.39, 0.29) is 0 Å². The van der Waals surface area contributed by atoms with E-state index in [2.05, 4.69) is 10.1 Å². The van der Waals surface area contributed by atoms with Crippen molar-refractivity contribution in [3.63, 3.8) is 0 Å². The van der Waals surface area contributed by atoms with Gasteiger partial charge in [0.05, 0.1) is 12.2 Å². The number of hydrogen-bond acceptors (Lipinski definition) is 6. The van der Waals surface area contributed by atoms with Crippen LogP contribution in [0.3, 0.4) is 0 Å². The maximum atomic E-state index is 11.2. The summed E-state index contributed by atoms with van der Waals surface area (Å²) in [6, 6.07) is 9.00. The Kier molecular flexibility index (Phi) is 4.79. The summed E-state index contributed by atoms with van der Waals surface area (Å²) in [5, 5.41) is 11.7. The Hall–Kier alpha value is -2.53. The lowest BCUT2D eigenvalue weighted by atomic mass is 10.2. The first-order valence-corrected chi connectivity index (χ1v) is 7.02. The van der Waals surface area contributed by atoms with Crippen LogP contribution in [0, 0.1) is 11.3 Å². The van der Waals surface area contributed by atoms with Gasteiger partial charge in [-0.05, 0) is 12.1 Å². The molecule has 2 aromatic rings. The molecule has 1 aromatic heterocycles. The molecule has 0 aliphatic rings. The minimum absolute atomic E-state index is 0.346. The summed E-state index contributed by atoms with van der Waals surface area (Å²) >= 11 is 1.28. The minimum atomic E-state index is -0.814. The van der Waals surface area contributed by atoms with Gasteiger partial charge in [-0.1, -0.05) is 23.9 Å². The molecular formula is C13H12N4O3S. The number of nitrogens with one attached hydrogen (secondary N) is 1. The van der Waals surface area contributed by atoms with E-state index in [1.807, 2.05) is 6.07 Å². The normalized spacial score (nSPS) is 10.1. The first-order valence-electron chi connectivity index (χ1n) is 6.04. The van der Waals surface area contributed by atoms with E-state index < -0.39 is 11.1 Å². The highest BCUT2D eigenvalue weighted by Crippen LogP contribution is 2.17. The van der Waals surface area contributed by atoms with Crippen molar-refractivity contribution < 1.29 is 4.74 Å². The van der Waals surface area contributed by atoms with Crippen LogP contribution in [0.2, 0.25) is 0 Å². The van der Waals surface area contributed by atoms with E-state index >= 15 is 0 Å². The lowest BCUT2D eigenvalue weighted by molar-refractivity contribution is 0.342. The van der Waals surface area contributed by atoms with Crippen molar-refractivity contribution in [1.29, 1.82) is 5.26 Å². The number of nitriles is 1. The number of aromatic amines is 1. The zero-order chi connectivity index (χ0) is 15.2. The second-order valence-corrected chi connectivity index (χ2v) is 5.07. The number of H-pyrrole nitrogens is 1. The summed E-state index contributed by atoms with van der Waals surface area (Å²) in [7, 11) is 1.60. The van der Waals surface area contributed by atoms with Crippen LogP contribution in [0.25, 0.3) is 0 Å². The van der Waals surface area contributed by atoms with Crippen molar-refractivity contribution in [2.75, 3.05) is 12.4 Å². The van der Waals surface area contributed by atoms with Crippen LogP contribution in [0.15, 0.2) is 39.0 Å². The highest BCUT2D eigenvalue weighted by molar-refractivity contribution is 7.99. The molecule has 0 spiro atoms. The van der Waals surface area contributed by atoms with E-state index in [1.165, 1.54) is 16.4 Å². The molecular weight excluding hydrogens is 292 g/mol. The molecule has 1 N–H and O–H groups in total. The standard InChI is InChI=1S/C13H12N4O3S/c1-17-13(15-11(18)12(19)16-17)21-7-6-20-10-5-3-2-4-9(10)8-14/h2-5H,6-7H2,1H3,(H,16,19). The van der Waals surface area contributed by atoms with Gasteiger partial charge in [0, 0.05) is 12.8 Å². The first kappa shape index (κ1) is 14.9. The lowest BCUT2D eigenvalue weighted by Gasteiger charge is -2.08. The molecule has 2 rings (SSSR count). The average molecular weight is 304 g/mol. The number of nitrogens with zero attached hydrogens (tertiary/aromatic N) is 3. The van der Waals surface area contributed by atoms with E-state index in [0.717, 1.165) is 0 Å². The molecule has 0 atom stereocenters. The van der Waals surface area contributed by atoms with Crippen LogP contribution in [-0.2, 0) is 7.05 Å². The van der Waals surface area contributed by atoms with Crippen LogP contribution < -0.4 is 15.9 Å². The Bertz CT molecular complexity index is 791. The molecule has 7 nitrogen and oxygen atoms in total. The van der Waals surface area contributed by atoms with Crippen molar-refractivity contribution >= 4 is 11.8 Å². The number of para-hydroxylation sites is 1. The van der Waals surface area contributed by atoms with Gasteiger partial charge in [-0.2, -0.15) is 10.2 Å². The zero-order valence-corrected chi connectivity index (χ0v) is 12.0. The molecule has 0 radical (unpaired) electrons. The predicted molar refractivity (Wildman–Crippen MR) is 77.5 cm³/mol. The molecule has 0 amide bonds. The SMILES string of the molecule is Cn1[nH]c(=O)c(=O)nc1SCCOc1ccccc1C#N. The van der Waals surface area contributed by atoms with Crippen molar-refractivity contribution in [1.82, 2.24) is 14.8 Å². The van der Waals surface area contributed by atoms with Crippen LogP contribution in [-0.4, -0.2) is 27.1 Å². The molecule has 0 fully saturated rings. The number of benzene rings is 1. The number of aromatic nitrogens is 3. The van der Waals surface area contributed by atoms with Gasteiger partial charge in [0.1, 0.15) is 11.8 Å². The van der Waals surface area contributed by atoms with E-state index in [4.69, 9.17) is 10.00 Å². The summed E-state index contributed by atoms with van der Waals surface area (Å²) in [5.41, 5.74) is -1.09. The van der Waals surface area contributed by atoms with Gasteiger partial charge < -0.3 is 4.74 Å². The van der Waals surface area contributed by atoms with Crippen molar-refractivity contribution in [2.24, 2.45) is 7.05 Å². The molecule has 21 heavy (non-hydrogen) atoms. The Morgan fingerprint density at radius 2 is 2.19 bits per heavy atom. The Morgan fingerprint density at radius 3 is 2.95 bits per heavy atom. The molecule has 0 aliphatic heterocycles. The summed E-state index contributed by atoms with van der Waals surface area (Å²) in [6.07, 6.45) is 0. The largest absolute Gasteiger partial charge is 0.491 e. The Labute approximate surface area is 124 Å². The third-order valence-electron chi connectivity index (χ3n) is 2.53. The number of hydrogen-bond donors (Lipinski definition) is 1. The quantitative estimate of drug-likeness (QED) is 0.491. The molecule has 1 aromatic carbocycles. The highest BCUT2D eigenvalue weighted by atomic mass is 32.2. The fourth-order valence-electron chi connectivity index (χ4n) is 1.56. The lowest BCUT2D eigenvalue weighted by Crippen LogP contribution is -2.33. The van der Waals surface area contributed by atoms with Gasteiger partial charge in [-0.3, -0.25) is 19.4 Å². The van der Waals surface area contributed by atoms with E-state index in [1.54, 1.807) is 31.3 Å². The molecule has 8 heteroatoms. The summed E-state index contributed by atoms with van der Waals surface area (Å²) in [4.78, 5) is 25.9. The number of aryl methyl sites for hydroxylation is 1. The summed E-state index contributed by atoms with van der Waals surface area (Å²) in [6.45, 7) is 0.346. The smallest absolute Gasteiger partial charge is 0.339 e. The monoisotopic (exact) mass is 304 g/mol. The molecule has 0 saturated heterocycles. The average Bonchev–Trinajstić information content (AvgIpc) is 2.49. The van der Waals surface area contributed by atoms with Gasteiger partial charge in [-0.25, -0.2) is 0 Å². The third-order valence-corrected chi connectivity index (χ3v) is 3.52. The number of ether oxygens (including phenoxy) is 1. The van der Waals surface area contributed by atoms with Crippen molar-refractivity contribution in [2.45, 2.75) is 5.16 Å². The van der Waals surface area contributed by atoms with Gasteiger partial charge in [-0.15, -0.1) is 0 Å². The minimum Gasteiger partial charge on any atom is -0.491 e. The third kappa shape index (κ3) is 3.73. The fraction of sp³-hybridized carbons (Fsp3) is 0.231. The molecule has 0 saturated carbocycles. The van der Waals surface area contributed by atoms with Crippen LogP contribution in [0.1, 0.15) is 5.56 Å². The molecule has 1 heterocycles. The van der Waals surface area contributed by atoms with E-state index in [0.29, 0.717) is 28.8 Å². The number of rotatable bonds is 5. The fourth-order valence-corrected chi connectivity index (χ4v) is 2.30. The Balaban J connectivity index is 1.94. The molecule has 108 valence electrons. The maximum absolute atomic E-state index is 11.2. The second-order valence-electron chi connectivity index (χ2n) is 4.00. The van der Waals surface area contributed by atoms with Gasteiger partial charge in [0.2, 0.25) is 0 Å². The summed E-state index contributed by atoms with van der Waals surface area (Å²) in [5.74, 6) is 1.04. The summed E-state index contributed by atoms with van der Waals surface area (Å²) < 4.78 is 6.90. The molecule has 0 aliphatic carbocycles. The van der Waals surface area contributed by atoms with Crippen molar-refractivity contribution in [3.8, 4) is 11.8 Å². The van der Waals surface area contributed by atoms with E-state index in [9.17, 15) is 9.59 Å². The Morgan fingerprint density at radius 1 is 1.43 bits per heavy atom. The van der Waals surface area contributed by atoms with Crippen LogP contribution >= 0.6 is 11.8 Å². The van der Waals surface area contributed by atoms with Crippen LogP contribution in [0.4, 0.5) is 0 Å². The predicted octanol–water partition coefficient (Wildman–Crippen LogP) is 0.511. The zero-order valence-electron chi connectivity index (χ0n) is 11.2. The van der Waals surface area contributed by atoms with Gasteiger partial charge >= 0.3 is 11.1 Å². The first-order chi connectivity index (χ1) is 10.1. The van der Waals surface area contributed by atoms with Gasteiger partial charge in [0.15, 0.2) is 5.16 Å². The molecule has 0 bridgehead atoms. The topological polar surface area (TPSA) is 101 Å². The molecule has 0 unspecified atom stereocenters. The second kappa shape index (κ2) is 6.76. The van der Waals surface area contributed by atoms with Crippen molar-refractivity contribution in [3.05, 3.63) is 50.5 Å². The number of thioether (sulfide) groups is 1. The maximum Gasteiger partial charge on any atom is 0.339 e. The highest BCUT2D eigenvalue weighted by Gasteiger charge is 2.05.